The largest absolute Gasteiger partial charge is 0.481 e. The standard InChI is InChI=1S/C39H52O3/c1-25(2)28-18-21-39(34(41)42)23-22-37(6)29(32(28)39)16-17-31-36(5)24-27(15-11-14-26-12-9-8-10-13-26)33(40)35(3,4)30(36)19-20-38(31,37)7/h8-15,28-32H,1,16-24H2,2-7H3,(H,41,42)/b14-11+,27-15-/t28-,29+,30-,31+,32+,36-,37+,38+,39-/m0/s1. The number of ketones is 1. The molecule has 0 saturated heterocycles. The number of rotatable bonds is 4. The van der Waals surface area contributed by atoms with Crippen LogP contribution in [0.3, 0.4) is 0 Å². The minimum Gasteiger partial charge on any atom is -0.481 e. The van der Waals surface area contributed by atoms with E-state index in [0.29, 0.717) is 29.5 Å². The minimum atomic E-state index is -0.585. The van der Waals surface area contributed by atoms with Gasteiger partial charge in [0, 0.05) is 5.41 Å². The highest BCUT2D eigenvalue weighted by atomic mass is 16.4. The fourth-order valence-electron chi connectivity index (χ4n) is 12.3. The van der Waals surface area contributed by atoms with E-state index in [1.807, 2.05) is 18.2 Å². The van der Waals surface area contributed by atoms with Gasteiger partial charge in [0.25, 0.3) is 0 Å². The number of fused-ring (bicyclic) bond motifs is 7. The lowest BCUT2D eigenvalue weighted by molar-refractivity contribution is -0.232. The van der Waals surface area contributed by atoms with E-state index >= 15 is 0 Å². The lowest BCUT2D eigenvalue weighted by Gasteiger charge is -2.72. The van der Waals surface area contributed by atoms with E-state index < -0.39 is 11.4 Å². The highest BCUT2D eigenvalue weighted by molar-refractivity contribution is 6.01. The number of carboxylic acid groups (broad SMARTS) is 1. The third-order valence-electron chi connectivity index (χ3n) is 14.5. The van der Waals surface area contributed by atoms with Gasteiger partial charge in [0.2, 0.25) is 0 Å². The summed E-state index contributed by atoms with van der Waals surface area (Å²) >= 11 is 0. The van der Waals surface area contributed by atoms with Gasteiger partial charge in [-0.25, -0.2) is 0 Å². The highest BCUT2D eigenvalue weighted by Gasteiger charge is 2.72. The second-order valence-corrected chi connectivity index (χ2v) is 16.3. The number of Topliss-reactive ketones (excluding diaryl/α,β-unsaturated/α-hetero) is 1. The van der Waals surface area contributed by atoms with Crippen molar-refractivity contribution in [1.29, 1.82) is 0 Å². The molecule has 0 unspecified atom stereocenters. The van der Waals surface area contributed by atoms with E-state index in [1.54, 1.807) is 0 Å². The Balaban J connectivity index is 1.38. The molecule has 0 spiro atoms. The third-order valence-corrected chi connectivity index (χ3v) is 14.5. The highest BCUT2D eigenvalue weighted by Crippen LogP contribution is 2.77. The molecule has 226 valence electrons. The summed E-state index contributed by atoms with van der Waals surface area (Å²) in [6.07, 6.45) is 15.2. The van der Waals surface area contributed by atoms with Crippen LogP contribution in [-0.4, -0.2) is 16.9 Å². The average Bonchev–Trinajstić information content (AvgIpc) is 3.34. The van der Waals surface area contributed by atoms with Crippen LogP contribution in [0.5, 0.6) is 0 Å². The molecule has 5 fully saturated rings. The molecule has 6 rings (SSSR count). The van der Waals surface area contributed by atoms with Crippen molar-refractivity contribution in [2.24, 2.45) is 56.7 Å². The Morgan fingerprint density at radius 3 is 2.29 bits per heavy atom. The maximum absolute atomic E-state index is 14.0. The molecule has 5 aliphatic rings. The van der Waals surface area contributed by atoms with Crippen molar-refractivity contribution < 1.29 is 14.7 Å². The summed E-state index contributed by atoms with van der Waals surface area (Å²) in [5.74, 6) is 1.56. The predicted octanol–water partition coefficient (Wildman–Crippen LogP) is 9.55. The van der Waals surface area contributed by atoms with Crippen molar-refractivity contribution in [3.8, 4) is 0 Å². The number of allylic oxidation sites excluding steroid dienone is 4. The zero-order valence-electron chi connectivity index (χ0n) is 26.8. The first-order valence-electron chi connectivity index (χ1n) is 16.6. The van der Waals surface area contributed by atoms with Crippen LogP contribution in [0, 0.1) is 56.7 Å². The molecule has 1 N–H and O–H groups in total. The minimum absolute atomic E-state index is 0.0373. The number of carbonyl (C=O) groups is 2. The molecule has 0 radical (unpaired) electrons. The van der Waals surface area contributed by atoms with Gasteiger partial charge >= 0.3 is 5.97 Å². The van der Waals surface area contributed by atoms with Gasteiger partial charge < -0.3 is 5.11 Å². The Kier molecular flexibility index (Phi) is 6.91. The SMILES string of the molecule is C=C(C)[C@@H]1CC[C@]2(C(=O)O)CC[C@]3(C)[C@H](CC[C@@H]4[C@@]5(C)C/C(=C/C=C/c6ccccc6)C(=O)C(C)(C)[C@@H]5CC[C@]43C)[C@@H]12. The number of carboxylic acids is 1. The van der Waals surface area contributed by atoms with Gasteiger partial charge in [-0.3, -0.25) is 9.59 Å². The van der Waals surface area contributed by atoms with Crippen molar-refractivity contribution in [1.82, 2.24) is 0 Å². The molecule has 9 atom stereocenters. The van der Waals surface area contributed by atoms with Crippen molar-refractivity contribution in [2.75, 3.05) is 0 Å². The Hall–Kier alpha value is -2.42. The number of benzene rings is 1. The van der Waals surface area contributed by atoms with E-state index in [9.17, 15) is 14.7 Å². The first-order valence-corrected chi connectivity index (χ1v) is 16.6. The lowest BCUT2D eigenvalue weighted by atomic mass is 9.32. The average molecular weight is 569 g/mol. The normalized spacial score (nSPS) is 45.1. The molecule has 5 aliphatic carbocycles. The molecule has 0 bridgehead atoms. The molecule has 3 nitrogen and oxygen atoms in total. The van der Waals surface area contributed by atoms with Crippen LogP contribution in [0.15, 0.2) is 60.2 Å². The van der Waals surface area contributed by atoms with E-state index in [4.69, 9.17) is 0 Å². The van der Waals surface area contributed by atoms with Crippen molar-refractivity contribution in [3.63, 3.8) is 0 Å². The summed E-state index contributed by atoms with van der Waals surface area (Å²) in [7, 11) is 0. The van der Waals surface area contributed by atoms with Gasteiger partial charge in [-0.05, 0) is 122 Å². The number of hydrogen-bond acceptors (Lipinski definition) is 2. The van der Waals surface area contributed by atoms with Crippen LogP contribution >= 0.6 is 0 Å². The molecule has 0 heterocycles. The van der Waals surface area contributed by atoms with Gasteiger partial charge in [-0.1, -0.05) is 95.3 Å². The summed E-state index contributed by atoms with van der Waals surface area (Å²) in [5, 5.41) is 10.6. The molecule has 5 saturated carbocycles. The zero-order valence-corrected chi connectivity index (χ0v) is 26.8. The molecular formula is C39H52O3. The predicted molar refractivity (Wildman–Crippen MR) is 171 cm³/mol. The van der Waals surface area contributed by atoms with Crippen molar-refractivity contribution in [3.05, 3.63) is 65.8 Å². The van der Waals surface area contributed by atoms with Gasteiger partial charge in [0.15, 0.2) is 5.78 Å². The van der Waals surface area contributed by atoms with Crippen LogP contribution in [0.1, 0.15) is 105 Å². The molecule has 0 aromatic heterocycles. The Labute approximate surface area is 253 Å². The Morgan fingerprint density at radius 1 is 0.905 bits per heavy atom. The number of aliphatic carboxylic acids is 1. The van der Waals surface area contributed by atoms with Crippen LogP contribution in [0.4, 0.5) is 0 Å². The third kappa shape index (κ3) is 3.90. The number of hydrogen-bond donors (Lipinski definition) is 1. The van der Waals surface area contributed by atoms with Gasteiger partial charge in [-0.2, -0.15) is 0 Å². The summed E-state index contributed by atoms with van der Waals surface area (Å²) in [6, 6.07) is 10.3. The van der Waals surface area contributed by atoms with Crippen LogP contribution < -0.4 is 0 Å². The Bertz CT molecular complexity index is 1350. The maximum Gasteiger partial charge on any atom is 0.309 e. The van der Waals surface area contributed by atoms with Gasteiger partial charge in [0.1, 0.15) is 0 Å². The maximum atomic E-state index is 14.0. The fraction of sp³-hybridized carbons (Fsp3) is 0.641. The zero-order chi connectivity index (χ0) is 30.3. The van der Waals surface area contributed by atoms with E-state index in [2.05, 4.69) is 78.5 Å². The summed E-state index contributed by atoms with van der Waals surface area (Å²) < 4.78 is 0. The van der Waals surface area contributed by atoms with Gasteiger partial charge in [-0.15, -0.1) is 0 Å². The summed E-state index contributed by atoms with van der Waals surface area (Å²) in [6.45, 7) is 18.6. The molecule has 1 aromatic rings. The second-order valence-electron chi connectivity index (χ2n) is 16.3. The van der Waals surface area contributed by atoms with Crippen LogP contribution in [0.25, 0.3) is 6.08 Å². The van der Waals surface area contributed by atoms with E-state index in [0.717, 1.165) is 68.9 Å². The van der Waals surface area contributed by atoms with E-state index in [-0.39, 0.29) is 27.6 Å². The van der Waals surface area contributed by atoms with Crippen LogP contribution in [-0.2, 0) is 9.59 Å². The van der Waals surface area contributed by atoms with Crippen molar-refractivity contribution in [2.45, 2.75) is 99.3 Å². The molecule has 3 heteroatoms. The van der Waals surface area contributed by atoms with Crippen molar-refractivity contribution >= 4 is 17.8 Å². The quantitative estimate of drug-likeness (QED) is 0.291. The Morgan fingerprint density at radius 2 is 1.62 bits per heavy atom. The molecule has 1 aromatic carbocycles. The first-order chi connectivity index (χ1) is 19.7. The first kappa shape index (κ1) is 29.6. The second kappa shape index (κ2) is 9.80. The molecule has 42 heavy (non-hydrogen) atoms. The van der Waals surface area contributed by atoms with E-state index in [1.165, 1.54) is 5.57 Å². The monoisotopic (exact) mass is 568 g/mol. The topological polar surface area (TPSA) is 54.4 Å². The van der Waals surface area contributed by atoms with Crippen LogP contribution in [0.2, 0.25) is 0 Å². The summed E-state index contributed by atoms with van der Waals surface area (Å²) in [5.41, 5.74) is 2.58. The fourth-order valence-corrected chi connectivity index (χ4v) is 12.3. The lowest BCUT2D eigenvalue weighted by Crippen LogP contribution is -2.67. The molecule has 0 aliphatic heterocycles. The van der Waals surface area contributed by atoms with Gasteiger partial charge in [0.05, 0.1) is 5.41 Å². The molecular weight excluding hydrogens is 516 g/mol. The molecule has 0 amide bonds. The summed E-state index contributed by atoms with van der Waals surface area (Å²) in [4.78, 5) is 26.9. The smallest absolute Gasteiger partial charge is 0.309 e. The number of carbonyl (C=O) groups excluding carboxylic acids is 1.